The molecule has 0 radical (unpaired) electrons. The lowest BCUT2D eigenvalue weighted by Crippen LogP contribution is -2.31. The standard InChI is InChI=1S/C35H64O6/c1-3-4-5-6-7-8-9-10-11-18-23-31(37)33-25-26-34(41-33)32(38)24-19-14-17-22-30(36)21-16-13-12-15-20-29-27-28(2)40-35(29)39/h27-28,30-34,36-38H,3-26H2,1-2H3/t28?,30?,31-,32-,33-,34-/m1/s1. The lowest BCUT2D eigenvalue weighted by Gasteiger charge is -2.22. The zero-order valence-electron chi connectivity index (χ0n) is 26.6. The number of aliphatic hydroxyl groups excluding tert-OH is 3. The smallest absolute Gasteiger partial charge is 0.334 e. The number of ether oxygens (including phenoxy) is 2. The van der Waals surface area contributed by atoms with Crippen LogP contribution in [0.25, 0.3) is 0 Å². The summed E-state index contributed by atoms with van der Waals surface area (Å²) in [5, 5.41) is 31.5. The highest BCUT2D eigenvalue weighted by atomic mass is 16.5. The molecule has 6 atom stereocenters. The molecule has 1 saturated heterocycles. The lowest BCUT2D eigenvalue weighted by molar-refractivity contribution is -0.139. The molecule has 2 aliphatic heterocycles. The molecule has 0 aromatic carbocycles. The zero-order valence-corrected chi connectivity index (χ0v) is 26.6. The van der Waals surface area contributed by atoms with E-state index in [9.17, 15) is 20.1 Å². The SMILES string of the molecule is CCCCCCCCCCCC[C@@H](O)[C@H]1CC[C@H]([C@H](O)CCCCCC(O)CCCCCCC2=CC(C)OC2=O)O1. The molecule has 2 rings (SSSR count). The number of aliphatic hydroxyl groups is 3. The molecule has 0 amide bonds. The Balaban J connectivity index is 1.39. The molecule has 1 fully saturated rings. The molecule has 6 nitrogen and oxygen atoms in total. The van der Waals surface area contributed by atoms with Crippen LogP contribution in [0.1, 0.15) is 168 Å². The number of rotatable bonds is 26. The summed E-state index contributed by atoms with van der Waals surface area (Å²) in [6.07, 6.45) is 26.2. The van der Waals surface area contributed by atoms with Gasteiger partial charge in [-0.25, -0.2) is 4.79 Å². The highest BCUT2D eigenvalue weighted by molar-refractivity contribution is 5.90. The molecule has 0 bridgehead atoms. The largest absolute Gasteiger partial charge is 0.455 e. The van der Waals surface area contributed by atoms with Gasteiger partial charge in [0.05, 0.1) is 30.5 Å². The second-order valence-corrected chi connectivity index (χ2v) is 12.9. The van der Waals surface area contributed by atoms with E-state index in [1.165, 1.54) is 57.8 Å². The zero-order chi connectivity index (χ0) is 29.7. The van der Waals surface area contributed by atoms with Crippen molar-refractivity contribution in [2.24, 2.45) is 0 Å². The van der Waals surface area contributed by atoms with E-state index in [2.05, 4.69) is 6.92 Å². The van der Waals surface area contributed by atoms with Gasteiger partial charge in [-0.1, -0.05) is 110 Å². The minimum atomic E-state index is -0.459. The summed E-state index contributed by atoms with van der Waals surface area (Å²) in [7, 11) is 0. The van der Waals surface area contributed by atoms with E-state index in [-0.39, 0.29) is 30.4 Å². The van der Waals surface area contributed by atoms with Crippen molar-refractivity contribution in [3.63, 3.8) is 0 Å². The average molecular weight is 581 g/mol. The van der Waals surface area contributed by atoms with Crippen LogP contribution in [0.2, 0.25) is 0 Å². The van der Waals surface area contributed by atoms with Crippen LogP contribution in [0.15, 0.2) is 11.6 Å². The highest BCUT2D eigenvalue weighted by Crippen LogP contribution is 2.28. The maximum atomic E-state index is 11.6. The molecule has 0 aromatic heterocycles. The quantitative estimate of drug-likeness (QED) is 0.0707. The summed E-state index contributed by atoms with van der Waals surface area (Å²) in [6.45, 7) is 4.15. The molecule has 2 aliphatic rings. The summed E-state index contributed by atoms with van der Waals surface area (Å²) in [5.41, 5.74) is 0.819. The molecule has 0 saturated carbocycles. The minimum Gasteiger partial charge on any atom is -0.455 e. The second-order valence-electron chi connectivity index (χ2n) is 12.9. The number of carbonyl (C=O) groups excluding carboxylic acids is 1. The third-order valence-corrected chi connectivity index (χ3v) is 9.06. The first-order valence-electron chi connectivity index (χ1n) is 17.5. The van der Waals surface area contributed by atoms with E-state index >= 15 is 0 Å². The van der Waals surface area contributed by atoms with Crippen molar-refractivity contribution in [3.8, 4) is 0 Å². The van der Waals surface area contributed by atoms with Crippen LogP contribution in [-0.2, 0) is 14.3 Å². The molecule has 240 valence electrons. The van der Waals surface area contributed by atoms with E-state index in [0.717, 1.165) is 102 Å². The number of unbranched alkanes of at least 4 members (excludes halogenated alkanes) is 14. The van der Waals surface area contributed by atoms with Gasteiger partial charge in [0, 0.05) is 5.57 Å². The fourth-order valence-electron chi connectivity index (χ4n) is 6.39. The van der Waals surface area contributed by atoms with Gasteiger partial charge in [0.1, 0.15) is 6.10 Å². The predicted molar refractivity (Wildman–Crippen MR) is 167 cm³/mol. The topological polar surface area (TPSA) is 96.2 Å². The fraction of sp³-hybridized carbons (Fsp3) is 0.914. The Hall–Kier alpha value is -0.950. The van der Waals surface area contributed by atoms with Crippen molar-refractivity contribution in [2.75, 3.05) is 0 Å². The summed E-state index contributed by atoms with van der Waals surface area (Å²) in [5.74, 6) is -0.158. The van der Waals surface area contributed by atoms with E-state index in [1.54, 1.807) is 0 Å². The van der Waals surface area contributed by atoms with E-state index in [1.807, 2.05) is 13.0 Å². The summed E-state index contributed by atoms with van der Waals surface area (Å²) in [6, 6.07) is 0. The summed E-state index contributed by atoms with van der Waals surface area (Å²) >= 11 is 0. The summed E-state index contributed by atoms with van der Waals surface area (Å²) in [4.78, 5) is 11.6. The van der Waals surface area contributed by atoms with Gasteiger partial charge in [-0.3, -0.25) is 0 Å². The molecule has 41 heavy (non-hydrogen) atoms. The van der Waals surface area contributed by atoms with E-state index in [0.29, 0.717) is 0 Å². The molecule has 0 aliphatic carbocycles. The molecule has 3 N–H and O–H groups in total. The Morgan fingerprint density at radius 3 is 1.61 bits per heavy atom. The number of carbonyl (C=O) groups is 1. The molecule has 0 aromatic rings. The predicted octanol–water partition coefficient (Wildman–Crippen LogP) is 8.09. The first kappa shape index (κ1) is 36.2. The molecule has 6 heteroatoms. The Bertz CT molecular complexity index is 694. The molecule has 0 spiro atoms. The maximum absolute atomic E-state index is 11.6. The number of hydrogen-bond donors (Lipinski definition) is 3. The van der Waals surface area contributed by atoms with Crippen LogP contribution in [0.4, 0.5) is 0 Å². The molecule has 2 heterocycles. The molecular weight excluding hydrogens is 516 g/mol. The number of esters is 1. The van der Waals surface area contributed by atoms with Crippen LogP contribution in [0, 0.1) is 0 Å². The first-order chi connectivity index (χ1) is 19.9. The number of hydrogen-bond acceptors (Lipinski definition) is 6. The van der Waals surface area contributed by atoms with Gasteiger partial charge in [0.15, 0.2) is 0 Å². The Kier molecular flexibility index (Phi) is 20.0. The van der Waals surface area contributed by atoms with Crippen molar-refractivity contribution in [3.05, 3.63) is 11.6 Å². The third-order valence-electron chi connectivity index (χ3n) is 9.06. The van der Waals surface area contributed by atoms with Gasteiger partial charge < -0.3 is 24.8 Å². The van der Waals surface area contributed by atoms with Gasteiger partial charge in [-0.05, 0) is 64.4 Å². The lowest BCUT2D eigenvalue weighted by atomic mass is 9.99. The molecular formula is C35H64O6. The van der Waals surface area contributed by atoms with E-state index < -0.39 is 12.2 Å². The van der Waals surface area contributed by atoms with Crippen molar-refractivity contribution in [2.45, 2.75) is 205 Å². The van der Waals surface area contributed by atoms with Crippen LogP contribution in [0.3, 0.4) is 0 Å². The van der Waals surface area contributed by atoms with Crippen LogP contribution in [0.5, 0.6) is 0 Å². The van der Waals surface area contributed by atoms with Gasteiger partial charge >= 0.3 is 5.97 Å². The molecule has 2 unspecified atom stereocenters. The second kappa shape index (κ2) is 22.6. The Morgan fingerprint density at radius 1 is 0.683 bits per heavy atom. The Labute approximate surface area is 251 Å². The summed E-state index contributed by atoms with van der Waals surface area (Å²) < 4.78 is 11.2. The monoisotopic (exact) mass is 580 g/mol. The van der Waals surface area contributed by atoms with Gasteiger partial charge in [-0.2, -0.15) is 0 Å². The van der Waals surface area contributed by atoms with Crippen LogP contribution in [-0.4, -0.2) is 57.9 Å². The maximum Gasteiger partial charge on any atom is 0.334 e. The fourth-order valence-corrected chi connectivity index (χ4v) is 6.39. The normalized spacial score (nSPS) is 23.0. The Morgan fingerprint density at radius 2 is 1.12 bits per heavy atom. The van der Waals surface area contributed by atoms with Crippen LogP contribution < -0.4 is 0 Å². The van der Waals surface area contributed by atoms with Gasteiger partial charge in [-0.15, -0.1) is 0 Å². The van der Waals surface area contributed by atoms with E-state index in [4.69, 9.17) is 9.47 Å². The van der Waals surface area contributed by atoms with Crippen molar-refractivity contribution in [1.82, 2.24) is 0 Å². The average Bonchev–Trinajstić information content (AvgIpc) is 3.57. The van der Waals surface area contributed by atoms with Gasteiger partial charge in [0.2, 0.25) is 0 Å². The van der Waals surface area contributed by atoms with Crippen LogP contribution >= 0.6 is 0 Å². The third kappa shape index (κ3) is 16.5. The minimum absolute atomic E-state index is 0.0812. The van der Waals surface area contributed by atoms with Crippen molar-refractivity contribution >= 4 is 5.97 Å². The van der Waals surface area contributed by atoms with Crippen molar-refractivity contribution < 1.29 is 29.6 Å². The van der Waals surface area contributed by atoms with Gasteiger partial charge in [0.25, 0.3) is 0 Å². The highest BCUT2D eigenvalue weighted by Gasteiger charge is 2.34. The number of cyclic esters (lactones) is 1. The first-order valence-corrected chi connectivity index (χ1v) is 17.5. The van der Waals surface area contributed by atoms with Crippen molar-refractivity contribution in [1.29, 1.82) is 0 Å².